The SMILES string of the molecule is CCCN1C(=O)C(C)(C)COc2cc(NN=C(C#N)C#N)ccc21. The van der Waals surface area contributed by atoms with Crippen LogP contribution in [0.3, 0.4) is 0 Å². The minimum atomic E-state index is -0.616. The maximum atomic E-state index is 12.7. The molecule has 124 valence electrons. The molecular formula is C17H19N5O2. The van der Waals surface area contributed by atoms with Gasteiger partial charge in [-0.3, -0.25) is 10.2 Å². The van der Waals surface area contributed by atoms with Gasteiger partial charge in [-0.25, -0.2) is 0 Å². The molecule has 24 heavy (non-hydrogen) atoms. The summed E-state index contributed by atoms with van der Waals surface area (Å²) < 4.78 is 5.83. The van der Waals surface area contributed by atoms with Gasteiger partial charge in [0.15, 0.2) is 0 Å². The quantitative estimate of drug-likeness (QED) is 0.677. The molecule has 0 aromatic heterocycles. The molecule has 0 unspecified atom stereocenters. The number of nitrogens with zero attached hydrogens (tertiary/aromatic N) is 4. The van der Waals surface area contributed by atoms with Gasteiger partial charge in [-0.15, -0.1) is 0 Å². The van der Waals surface area contributed by atoms with E-state index in [9.17, 15) is 4.79 Å². The number of rotatable bonds is 4. The van der Waals surface area contributed by atoms with E-state index in [2.05, 4.69) is 10.5 Å². The highest BCUT2D eigenvalue weighted by atomic mass is 16.5. The van der Waals surface area contributed by atoms with Crippen molar-refractivity contribution in [1.29, 1.82) is 10.5 Å². The van der Waals surface area contributed by atoms with E-state index in [1.165, 1.54) is 0 Å². The molecule has 0 bridgehead atoms. The minimum absolute atomic E-state index is 0.0260. The molecule has 2 rings (SSSR count). The molecule has 0 saturated heterocycles. The summed E-state index contributed by atoms with van der Waals surface area (Å²) in [6.45, 7) is 6.62. The average Bonchev–Trinajstić information content (AvgIpc) is 2.66. The van der Waals surface area contributed by atoms with Crippen LogP contribution in [-0.4, -0.2) is 24.8 Å². The van der Waals surface area contributed by atoms with E-state index in [0.717, 1.165) is 6.42 Å². The van der Waals surface area contributed by atoms with Crippen LogP contribution in [0.5, 0.6) is 5.75 Å². The van der Waals surface area contributed by atoms with Gasteiger partial charge < -0.3 is 9.64 Å². The maximum Gasteiger partial charge on any atom is 0.237 e. The van der Waals surface area contributed by atoms with Gasteiger partial charge in [0, 0.05) is 12.6 Å². The second kappa shape index (κ2) is 7.01. The fraction of sp³-hybridized carbons (Fsp3) is 0.412. The van der Waals surface area contributed by atoms with E-state index in [1.807, 2.05) is 20.8 Å². The minimum Gasteiger partial charge on any atom is -0.490 e. The topological polar surface area (TPSA) is 102 Å². The Morgan fingerprint density at radius 1 is 1.42 bits per heavy atom. The summed E-state index contributed by atoms with van der Waals surface area (Å²) in [6, 6.07) is 8.57. The van der Waals surface area contributed by atoms with Crippen molar-refractivity contribution in [3.8, 4) is 17.9 Å². The van der Waals surface area contributed by atoms with E-state index >= 15 is 0 Å². The summed E-state index contributed by atoms with van der Waals surface area (Å²) in [5.41, 5.74) is 3.05. The molecule has 1 aliphatic rings. The van der Waals surface area contributed by atoms with Gasteiger partial charge in [-0.05, 0) is 32.4 Å². The number of carbonyl (C=O) groups excluding carboxylic acids is 1. The number of ether oxygens (including phenoxy) is 1. The van der Waals surface area contributed by atoms with Gasteiger partial charge in [-0.1, -0.05) is 6.92 Å². The molecule has 7 heteroatoms. The van der Waals surface area contributed by atoms with E-state index in [0.29, 0.717) is 23.7 Å². The number of hydrogen-bond donors (Lipinski definition) is 1. The summed E-state index contributed by atoms with van der Waals surface area (Å²) in [5.74, 6) is 0.594. The van der Waals surface area contributed by atoms with Crippen LogP contribution in [0.25, 0.3) is 0 Å². The predicted molar refractivity (Wildman–Crippen MR) is 90.6 cm³/mol. The van der Waals surface area contributed by atoms with E-state index in [1.54, 1.807) is 35.2 Å². The van der Waals surface area contributed by atoms with Crippen LogP contribution in [0.2, 0.25) is 0 Å². The standard InChI is InChI=1S/C17H19N5O2/c1-4-7-22-14-6-5-12(20-21-13(9-18)10-19)8-15(14)24-11-17(2,3)16(22)23/h5-6,8,20H,4,7,11H2,1-3H3. The molecule has 0 fully saturated rings. The Morgan fingerprint density at radius 2 is 2.12 bits per heavy atom. The zero-order valence-corrected chi connectivity index (χ0v) is 14.0. The number of benzene rings is 1. The zero-order chi connectivity index (χ0) is 17.7. The summed E-state index contributed by atoms with van der Waals surface area (Å²) in [4.78, 5) is 14.5. The first-order chi connectivity index (χ1) is 11.4. The van der Waals surface area contributed by atoms with Gasteiger partial charge in [-0.2, -0.15) is 15.6 Å². The molecule has 0 atom stereocenters. The fourth-order valence-electron chi connectivity index (χ4n) is 2.36. The number of anilines is 2. The Kier molecular flexibility index (Phi) is 5.05. The molecule has 0 spiro atoms. The number of hydrazone groups is 1. The first-order valence-corrected chi connectivity index (χ1v) is 7.65. The van der Waals surface area contributed by atoms with Crippen molar-refractivity contribution in [2.45, 2.75) is 27.2 Å². The smallest absolute Gasteiger partial charge is 0.237 e. The third-order valence-electron chi connectivity index (χ3n) is 3.62. The Labute approximate surface area is 141 Å². The van der Waals surface area contributed by atoms with Gasteiger partial charge in [0.05, 0.1) is 16.8 Å². The van der Waals surface area contributed by atoms with Crippen molar-refractivity contribution in [2.24, 2.45) is 10.5 Å². The second-order valence-electron chi connectivity index (χ2n) is 6.11. The lowest BCUT2D eigenvalue weighted by molar-refractivity contribution is -0.127. The van der Waals surface area contributed by atoms with Crippen LogP contribution in [0.4, 0.5) is 11.4 Å². The number of nitrogens with one attached hydrogen (secondary N) is 1. The van der Waals surface area contributed by atoms with E-state index in [-0.39, 0.29) is 18.2 Å². The Hall–Kier alpha value is -3.06. The molecule has 1 aromatic rings. The van der Waals surface area contributed by atoms with Crippen molar-refractivity contribution in [1.82, 2.24) is 0 Å². The van der Waals surface area contributed by atoms with Crippen LogP contribution in [0.1, 0.15) is 27.2 Å². The third kappa shape index (κ3) is 3.47. The monoisotopic (exact) mass is 325 g/mol. The van der Waals surface area contributed by atoms with Crippen LogP contribution >= 0.6 is 0 Å². The van der Waals surface area contributed by atoms with Gasteiger partial charge >= 0.3 is 0 Å². The van der Waals surface area contributed by atoms with E-state index in [4.69, 9.17) is 15.3 Å². The maximum absolute atomic E-state index is 12.7. The van der Waals surface area contributed by atoms with Gasteiger partial charge in [0.2, 0.25) is 11.6 Å². The fourth-order valence-corrected chi connectivity index (χ4v) is 2.36. The van der Waals surface area contributed by atoms with E-state index < -0.39 is 5.41 Å². The molecule has 1 N–H and O–H groups in total. The molecule has 0 saturated carbocycles. The molecular weight excluding hydrogens is 306 g/mol. The molecule has 0 radical (unpaired) electrons. The van der Waals surface area contributed by atoms with Gasteiger partial charge in [0.25, 0.3) is 0 Å². The van der Waals surface area contributed by atoms with Crippen molar-refractivity contribution < 1.29 is 9.53 Å². The molecule has 1 amide bonds. The summed E-state index contributed by atoms with van der Waals surface area (Å²) in [5, 5.41) is 21.1. The zero-order valence-electron chi connectivity index (χ0n) is 14.0. The van der Waals surface area contributed by atoms with Crippen molar-refractivity contribution in [3.63, 3.8) is 0 Å². The summed E-state index contributed by atoms with van der Waals surface area (Å²) in [7, 11) is 0. The first-order valence-electron chi connectivity index (χ1n) is 7.65. The largest absolute Gasteiger partial charge is 0.490 e. The molecule has 1 heterocycles. The van der Waals surface area contributed by atoms with Crippen molar-refractivity contribution >= 4 is 23.0 Å². The number of amides is 1. The summed E-state index contributed by atoms with van der Waals surface area (Å²) in [6.07, 6.45) is 0.833. The number of carbonyl (C=O) groups is 1. The van der Waals surface area contributed by atoms with Crippen LogP contribution in [-0.2, 0) is 4.79 Å². The third-order valence-corrected chi connectivity index (χ3v) is 3.62. The molecule has 7 nitrogen and oxygen atoms in total. The lowest BCUT2D eigenvalue weighted by Gasteiger charge is -2.27. The summed E-state index contributed by atoms with van der Waals surface area (Å²) >= 11 is 0. The Bertz CT molecular complexity index is 739. The highest BCUT2D eigenvalue weighted by Gasteiger charge is 2.37. The number of fused-ring (bicyclic) bond motifs is 1. The van der Waals surface area contributed by atoms with Crippen LogP contribution in [0.15, 0.2) is 23.3 Å². The number of nitriles is 2. The van der Waals surface area contributed by atoms with Gasteiger partial charge in [0.1, 0.15) is 24.5 Å². The highest BCUT2D eigenvalue weighted by Crippen LogP contribution is 2.38. The van der Waals surface area contributed by atoms with Crippen molar-refractivity contribution in [3.05, 3.63) is 18.2 Å². The predicted octanol–water partition coefficient (Wildman–Crippen LogP) is 2.66. The Morgan fingerprint density at radius 3 is 2.75 bits per heavy atom. The molecule has 0 aliphatic carbocycles. The highest BCUT2D eigenvalue weighted by molar-refractivity contribution is 6.10. The van der Waals surface area contributed by atoms with Crippen molar-refractivity contribution in [2.75, 3.05) is 23.5 Å². The van der Waals surface area contributed by atoms with Crippen LogP contribution < -0.4 is 15.1 Å². The Balaban J connectivity index is 2.37. The van der Waals surface area contributed by atoms with Crippen LogP contribution in [0, 0.1) is 28.1 Å². The second-order valence-corrected chi connectivity index (χ2v) is 6.11. The first kappa shape index (κ1) is 17.3. The normalized spacial score (nSPS) is 15.2. The lowest BCUT2D eigenvalue weighted by atomic mass is 9.93. The molecule has 1 aliphatic heterocycles. The molecule has 1 aromatic carbocycles. The number of hydrogen-bond acceptors (Lipinski definition) is 6. The lowest BCUT2D eigenvalue weighted by Crippen LogP contribution is -2.42. The average molecular weight is 325 g/mol.